The quantitative estimate of drug-likeness (QED) is 0.842. The summed E-state index contributed by atoms with van der Waals surface area (Å²) in [4.78, 5) is 29.4. The number of hydrogen-bond donors (Lipinski definition) is 1. The van der Waals surface area contributed by atoms with E-state index in [1.54, 1.807) is 6.07 Å². The predicted octanol–water partition coefficient (Wildman–Crippen LogP) is 2.68. The largest absolute Gasteiger partial charge is 0.449 e. The molecule has 8 heteroatoms. The number of likely N-dealkylation sites (tertiary alicyclic amines) is 2. The minimum absolute atomic E-state index is 0.0274. The van der Waals surface area contributed by atoms with E-state index in [2.05, 4.69) is 15.4 Å². The van der Waals surface area contributed by atoms with Crippen LogP contribution in [0.5, 0.6) is 0 Å². The Balaban J connectivity index is 1.04. The molecule has 1 aromatic heterocycles. The SMILES string of the molecule is O=C(OCC12CCC(CC1)C2)N1C[C@@H]2CN(C(=O)c3ccc4[nH]nnc4c3)C[C@@H]2C1. The molecule has 0 radical (unpaired) electrons. The highest BCUT2D eigenvalue weighted by Crippen LogP contribution is 2.54. The zero-order chi connectivity index (χ0) is 20.3. The Morgan fingerprint density at radius 2 is 1.83 bits per heavy atom. The highest BCUT2D eigenvalue weighted by Gasteiger charge is 2.47. The molecular formula is C22H27N5O3. The molecule has 2 bridgehead atoms. The van der Waals surface area contributed by atoms with Crippen LogP contribution >= 0.6 is 0 Å². The van der Waals surface area contributed by atoms with Gasteiger partial charge in [0.25, 0.3) is 5.91 Å². The smallest absolute Gasteiger partial charge is 0.409 e. The molecule has 2 atom stereocenters. The fraction of sp³-hybridized carbons (Fsp3) is 0.636. The minimum atomic E-state index is -0.163. The van der Waals surface area contributed by atoms with Crippen molar-refractivity contribution >= 4 is 23.0 Å². The van der Waals surface area contributed by atoms with Crippen LogP contribution in [0.3, 0.4) is 0 Å². The number of aromatic amines is 1. The van der Waals surface area contributed by atoms with Gasteiger partial charge >= 0.3 is 6.09 Å². The molecule has 0 unspecified atom stereocenters. The zero-order valence-electron chi connectivity index (χ0n) is 17.0. The van der Waals surface area contributed by atoms with Crippen molar-refractivity contribution in [2.24, 2.45) is 23.2 Å². The van der Waals surface area contributed by atoms with Crippen molar-refractivity contribution in [2.45, 2.75) is 32.1 Å². The monoisotopic (exact) mass is 409 g/mol. The molecule has 1 aromatic carbocycles. The van der Waals surface area contributed by atoms with Crippen LogP contribution in [0.25, 0.3) is 11.0 Å². The highest BCUT2D eigenvalue weighted by molar-refractivity contribution is 5.97. The molecule has 2 saturated heterocycles. The van der Waals surface area contributed by atoms with Crippen molar-refractivity contribution in [3.8, 4) is 0 Å². The van der Waals surface area contributed by atoms with E-state index in [1.807, 2.05) is 21.9 Å². The van der Waals surface area contributed by atoms with Gasteiger partial charge < -0.3 is 14.5 Å². The molecule has 6 rings (SSSR count). The van der Waals surface area contributed by atoms with Gasteiger partial charge in [0.1, 0.15) is 5.52 Å². The van der Waals surface area contributed by atoms with E-state index in [-0.39, 0.29) is 17.4 Å². The second-order valence-corrected chi connectivity index (χ2v) is 9.88. The minimum Gasteiger partial charge on any atom is -0.449 e. The lowest BCUT2D eigenvalue weighted by Gasteiger charge is -2.27. The van der Waals surface area contributed by atoms with Crippen LogP contribution < -0.4 is 0 Å². The summed E-state index contributed by atoms with van der Waals surface area (Å²) in [5.74, 6) is 1.55. The van der Waals surface area contributed by atoms with Crippen LogP contribution in [0, 0.1) is 23.2 Å². The molecule has 0 spiro atoms. The average molecular weight is 409 g/mol. The summed E-state index contributed by atoms with van der Waals surface area (Å²) >= 11 is 0. The van der Waals surface area contributed by atoms with Crippen LogP contribution in [0.2, 0.25) is 0 Å². The van der Waals surface area contributed by atoms with Crippen molar-refractivity contribution in [1.82, 2.24) is 25.2 Å². The van der Waals surface area contributed by atoms with Gasteiger partial charge in [-0.15, -0.1) is 5.10 Å². The fourth-order valence-electron chi connectivity index (χ4n) is 6.29. The Bertz CT molecular complexity index is 982. The number of ether oxygens (including phenoxy) is 1. The van der Waals surface area contributed by atoms with E-state index in [1.165, 1.54) is 32.1 Å². The fourth-order valence-corrected chi connectivity index (χ4v) is 6.29. The van der Waals surface area contributed by atoms with Gasteiger partial charge in [-0.25, -0.2) is 4.79 Å². The van der Waals surface area contributed by atoms with Crippen LogP contribution in [0.15, 0.2) is 18.2 Å². The Kier molecular flexibility index (Phi) is 4.05. The molecule has 2 amide bonds. The molecule has 8 nitrogen and oxygen atoms in total. The van der Waals surface area contributed by atoms with E-state index < -0.39 is 0 Å². The van der Waals surface area contributed by atoms with E-state index in [4.69, 9.17) is 4.74 Å². The third kappa shape index (κ3) is 2.96. The summed E-state index contributed by atoms with van der Waals surface area (Å²) in [5, 5.41) is 10.6. The van der Waals surface area contributed by atoms with Gasteiger partial charge in [-0.2, -0.15) is 0 Å². The number of nitrogens with one attached hydrogen (secondary N) is 1. The molecule has 1 N–H and O–H groups in total. The van der Waals surface area contributed by atoms with Crippen LogP contribution in [-0.2, 0) is 4.74 Å². The zero-order valence-corrected chi connectivity index (χ0v) is 17.0. The van der Waals surface area contributed by atoms with Crippen LogP contribution in [-0.4, -0.2) is 70.0 Å². The molecule has 2 aromatic rings. The second kappa shape index (κ2) is 6.68. The summed E-state index contributed by atoms with van der Waals surface area (Å²) < 4.78 is 5.76. The summed E-state index contributed by atoms with van der Waals surface area (Å²) in [7, 11) is 0. The maximum Gasteiger partial charge on any atom is 0.409 e. The maximum atomic E-state index is 12.9. The number of H-pyrrole nitrogens is 1. The first-order valence-electron chi connectivity index (χ1n) is 11.1. The van der Waals surface area contributed by atoms with Gasteiger partial charge in [0.15, 0.2) is 0 Å². The Morgan fingerprint density at radius 3 is 2.53 bits per heavy atom. The average Bonchev–Trinajstić information content (AvgIpc) is 3.56. The summed E-state index contributed by atoms with van der Waals surface area (Å²) in [6.45, 7) is 3.34. The van der Waals surface area contributed by atoms with Crippen molar-refractivity contribution < 1.29 is 14.3 Å². The van der Waals surface area contributed by atoms with E-state index in [9.17, 15) is 9.59 Å². The number of aromatic nitrogens is 3. The number of carbonyl (C=O) groups excluding carboxylic acids is 2. The Hall–Kier alpha value is -2.64. The van der Waals surface area contributed by atoms with Gasteiger partial charge in [-0.3, -0.25) is 9.89 Å². The first kappa shape index (κ1) is 18.2. The predicted molar refractivity (Wildman–Crippen MR) is 109 cm³/mol. The summed E-state index contributed by atoms with van der Waals surface area (Å²) in [6, 6.07) is 5.45. The number of fused-ring (bicyclic) bond motifs is 4. The van der Waals surface area contributed by atoms with Crippen molar-refractivity contribution in [3.05, 3.63) is 23.8 Å². The lowest BCUT2D eigenvalue weighted by atomic mass is 9.85. The van der Waals surface area contributed by atoms with Gasteiger partial charge in [0.05, 0.1) is 12.1 Å². The molecule has 3 heterocycles. The molecular weight excluding hydrogens is 382 g/mol. The number of benzene rings is 1. The van der Waals surface area contributed by atoms with Crippen molar-refractivity contribution in [2.75, 3.05) is 32.8 Å². The molecule has 30 heavy (non-hydrogen) atoms. The number of nitrogens with zero attached hydrogens (tertiary/aromatic N) is 4. The molecule has 4 fully saturated rings. The standard InChI is InChI=1S/C22H27N5O3/c28-20(15-1-2-18-19(7-15)24-25-23-18)26-9-16-11-27(12-17(16)10-26)21(29)30-13-22-5-3-14(8-22)4-6-22/h1-2,7,14,16-17H,3-6,8-13H2,(H,23,24,25)/t14?,16-,17+,22?. The van der Waals surface area contributed by atoms with Gasteiger partial charge in [0.2, 0.25) is 0 Å². The van der Waals surface area contributed by atoms with Crippen molar-refractivity contribution in [3.63, 3.8) is 0 Å². The summed E-state index contributed by atoms with van der Waals surface area (Å²) in [5.41, 5.74) is 2.43. The number of hydrogen-bond acceptors (Lipinski definition) is 5. The lowest BCUT2D eigenvalue weighted by molar-refractivity contribution is 0.0594. The molecule has 2 aliphatic carbocycles. The van der Waals surface area contributed by atoms with E-state index >= 15 is 0 Å². The number of rotatable bonds is 3. The van der Waals surface area contributed by atoms with Gasteiger partial charge in [-0.05, 0) is 56.2 Å². The van der Waals surface area contributed by atoms with Crippen LogP contribution in [0.4, 0.5) is 4.79 Å². The Morgan fingerprint density at radius 1 is 1.10 bits per heavy atom. The van der Waals surface area contributed by atoms with E-state index in [0.29, 0.717) is 55.7 Å². The normalized spacial score (nSPS) is 32.2. The topological polar surface area (TPSA) is 91.4 Å². The molecule has 2 aliphatic heterocycles. The van der Waals surface area contributed by atoms with Crippen LogP contribution in [0.1, 0.15) is 42.5 Å². The number of carbonyl (C=O) groups is 2. The molecule has 4 aliphatic rings. The Labute approximate surface area is 174 Å². The number of amides is 2. The van der Waals surface area contributed by atoms with Gasteiger partial charge in [-0.1, -0.05) is 5.21 Å². The third-order valence-electron chi connectivity index (χ3n) is 7.99. The van der Waals surface area contributed by atoms with E-state index in [0.717, 1.165) is 11.4 Å². The molecule has 2 saturated carbocycles. The van der Waals surface area contributed by atoms with Crippen molar-refractivity contribution in [1.29, 1.82) is 0 Å². The molecule has 158 valence electrons. The van der Waals surface area contributed by atoms with Gasteiger partial charge in [0, 0.05) is 49.0 Å². The first-order valence-corrected chi connectivity index (χ1v) is 11.1. The lowest BCUT2D eigenvalue weighted by Crippen LogP contribution is -2.37. The maximum absolute atomic E-state index is 12.9. The highest BCUT2D eigenvalue weighted by atomic mass is 16.6. The summed E-state index contributed by atoms with van der Waals surface area (Å²) in [6.07, 6.45) is 6.12. The third-order valence-corrected chi connectivity index (χ3v) is 7.99. The second-order valence-electron chi connectivity index (χ2n) is 9.88. The first-order chi connectivity index (χ1) is 14.6.